The molecule has 1 atom stereocenters. The van der Waals surface area contributed by atoms with E-state index in [1.54, 1.807) is 24.3 Å². The molecule has 92 valence electrons. The number of β-amino-alcohol motifs (C(OH)–C–C–N with tert-alkyl or cyclic N) is 1. The fraction of sp³-hybridized carbons (Fsp3) is 0.462. The number of carboxylic acids is 1. The highest BCUT2D eigenvalue weighted by atomic mass is 16.4. The first-order valence-electron chi connectivity index (χ1n) is 5.77. The van der Waals surface area contributed by atoms with E-state index in [-0.39, 0.29) is 5.56 Å². The molecule has 1 fully saturated rings. The lowest BCUT2D eigenvalue weighted by Crippen LogP contribution is -2.45. The topological polar surface area (TPSA) is 60.8 Å². The molecule has 1 saturated heterocycles. The van der Waals surface area contributed by atoms with Gasteiger partial charge in [-0.15, -0.1) is 0 Å². The number of likely N-dealkylation sites (tertiary alicyclic amines) is 1. The first-order chi connectivity index (χ1) is 8.03. The van der Waals surface area contributed by atoms with Gasteiger partial charge in [0.15, 0.2) is 0 Å². The monoisotopic (exact) mass is 235 g/mol. The van der Waals surface area contributed by atoms with Crippen molar-refractivity contribution in [3.05, 3.63) is 35.4 Å². The van der Waals surface area contributed by atoms with Crippen molar-refractivity contribution >= 4 is 5.97 Å². The van der Waals surface area contributed by atoms with Crippen LogP contribution in [-0.4, -0.2) is 41.2 Å². The van der Waals surface area contributed by atoms with Crippen LogP contribution in [0.5, 0.6) is 0 Å². The average molecular weight is 235 g/mol. The quantitative estimate of drug-likeness (QED) is 0.811. The Morgan fingerprint density at radius 2 is 2.12 bits per heavy atom. The Morgan fingerprint density at radius 1 is 1.41 bits per heavy atom. The lowest BCUT2D eigenvalue weighted by atomic mass is 9.83. The second-order valence-corrected chi connectivity index (χ2v) is 4.72. The van der Waals surface area contributed by atoms with E-state index in [0.29, 0.717) is 18.5 Å². The summed E-state index contributed by atoms with van der Waals surface area (Å²) in [6.07, 6.45) is 1.49. The van der Waals surface area contributed by atoms with E-state index in [9.17, 15) is 9.90 Å². The van der Waals surface area contributed by atoms with Crippen molar-refractivity contribution in [2.75, 3.05) is 20.1 Å². The van der Waals surface area contributed by atoms with Crippen LogP contribution < -0.4 is 0 Å². The van der Waals surface area contributed by atoms with Crippen molar-refractivity contribution in [1.29, 1.82) is 0 Å². The number of rotatable bonds is 2. The van der Waals surface area contributed by atoms with E-state index in [1.807, 2.05) is 11.9 Å². The molecule has 0 spiro atoms. The predicted octanol–water partition coefficient (Wildman–Crippen LogP) is 1.30. The van der Waals surface area contributed by atoms with Crippen LogP contribution in [-0.2, 0) is 5.60 Å². The largest absolute Gasteiger partial charge is 0.478 e. The van der Waals surface area contributed by atoms with Crippen LogP contribution in [0, 0.1) is 0 Å². The van der Waals surface area contributed by atoms with E-state index >= 15 is 0 Å². The Bertz CT molecular complexity index is 432. The van der Waals surface area contributed by atoms with Crippen LogP contribution in [0.1, 0.15) is 28.8 Å². The number of likely N-dealkylation sites (N-methyl/N-ethyl adjacent to an activating group) is 1. The normalized spacial score (nSPS) is 25.8. The van der Waals surface area contributed by atoms with E-state index in [0.717, 1.165) is 13.0 Å². The number of carboxylic acid groups (broad SMARTS) is 1. The summed E-state index contributed by atoms with van der Waals surface area (Å²) in [7, 11) is 1.94. The van der Waals surface area contributed by atoms with Crippen molar-refractivity contribution in [3.8, 4) is 0 Å². The van der Waals surface area contributed by atoms with Crippen molar-refractivity contribution in [1.82, 2.24) is 4.90 Å². The Hall–Kier alpha value is -1.39. The number of carbonyl (C=O) groups is 1. The summed E-state index contributed by atoms with van der Waals surface area (Å²) in [6, 6.07) is 6.71. The van der Waals surface area contributed by atoms with Gasteiger partial charge < -0.3 is 15.1 Å². The van der Waals surface area contributed by atoms with Crippen molar-refractivity contribution in [3.63, 3.8) is 0 Å². The molecule has 0 saturated carbocycles. The Labute approximate surface area is 100 Å². The molecule has 0 radical (unpaired) electrons. The van der Waals surface area contributed by atoms with E-state index < -0.39 is 11.6 Å². The van der Waals surface area contributed by atoms with Crippen LogP contribution in [0.4, 0.5) is 0 Å². The van der Waals surface area contributed by atoms with Crippen molar-refractivity contribution in [2.24, 2.45) is 0 Å². The van der Waals surface area contributed by atoms with Gasteiger partial charge in [-0.05, 0) is 38.1 Å². The minimum atomic E-state index is -1.04. The standard InChI is InChI=1S/C13H17NO3/c1-14-8-4-7-13(17,9-14)11-6-3-2-5-10(11)12(15)16/h2-3,5-6,17H,4,7-9H2,1H3,(H,15,16). The molecule has 1 aromatic rings. The van der Waals surface area contributed by atoms with Crippen molar-refractivity contribution in [2.45, 2.75) is 18.4 Å². The highest BCUT2D eigenvalue weighted by molar-refractivity contribution is 5.89. The van der Waals surface area contributed by atoms with Crippen molar-refractivity contribution < 1.29 is 15.0 Å². The molecule has 1 aliphatic heterocycles. The molecule has 4 heteroatoms. The highest BCUT2D eigenvalue weighted by Crippen LogP contribution is 2.33. The summed E-state index contributed by atoms with van der Waals surface area (Å²) < 4.78 is 0. The molecular formula is C13H17NO3. The number of hydrogen-bond donors (Lipinski definition) is 2. The molecule has 0 bridgehead atoms. The van der Waals surface area contributed by atoms with Gasteiger partial charge in [0.05, 0.1) is 5.56 Å². The molecule has 1 heterocycles. The summed E-state index contributed by atoms with van der Waals surface area (Å²) in [5, 5.41) is 19.8. The number of hydrogen-bond acceptors (Lipinski definition) is 3. The second-order valence-electron chi connectivity index (χ2n) is 4.72. The summed E-state index contributed by atoms with van der Waals surface area (Å²) in [6.45, 7) is 1.43. The van der Waals surface area contributed by atoms with Gasteiger partial charge in [0.1, 0.15) is 5.60 Å². The van der Waals surface area contributed by atoms with Gasteiger partial charge in [0.2, 0.25) is 0 Å². The molecule has 0 aromatic heterocycles. The van der Waals surface area contributed by atoms with Gasteiger partial charge in [-0.1, -0.05) is 18.2 Å². The minimum absolute atomic E-state index is 0.199. The number of aromatic carboxylic acids is 1. The molecule has 2 N–H and O–H groups in total. The van der Waals surface area contributed by atoms with E-state index in [2.05, 4.69) is 0 Å². The predicted molar refractivity (Wildman–Crippen MR) is 64.0 cm³/mol. The summed E-state index contributed by atoms with van der Waals surface area (Å²) >= 11 is 0. The molecule has 2 rings (SSSR count). The van der Waals surface area contributed by atoms with Crippen LogP contribution in [0.15, 0.2) is 24.3 Å². The molecule has 0 aliphatic carbocycles. The third kappa shape index (κ3) is 2.33. The molecule has 1 unspecified atom stereocenters. The molecule has 0 amide bonds. The van der Waals surface area contributed by atoms with Gasteiger partial charge in [0.25, 0.3) is 0 Å². The number of benzene rings is 1. The number of nitrogens with zero attached hydrogens (tertiary/aromatic N) is 1. The Morgan fingerprint density at radius 3 is 2.76 bits per heavy atom. The summed E-state index contributed by atoms with van der Waals surface area (Å²) in [5.74, 6) is -0.984. The van der Waals surface area contributed by atoms with Gasteiger partial charge >= 0.3 is 5.97 Å². The Balaban J connectivity index is 2.41. The molecule has 1 aromatic carbocycles. The third-order valence-corrected chi connectivity index (χ3v) is 3.32. The minimum Gasteiger partial charge on any atom is -0.478 e. The van der Waals surface area contributed by atoms with Gasteiger partial charge in [-0.25, -0.2) is 4.79 Å². The zero-order chi connectivity index (χ0) is 12.5. The lowest BCUT2D eigenvalue weighted by molar-refractivity contribution is -0.0286. The molecule has 1 aliphatic rings. The van der Waals surface area contributed by atoms with Crippen LogP contribution in [0.25, 0.3) is 0 Å². The lowest BCUT2D eigenvalue weighted by Gasteiger charge is -2.38. The molecular weight excluding hydrogens is 218 g/mol. The maximum absolute atomic E-state index is 11.2. The van der Waals surface area contributed by atoms with E-state index in [1.165, 1.54) is 0 Å². The highest BCUT2D eigenvalue weighted by Gasteiger charge is 2.36. The summed E-state index contributed by atoms with van der Waals surface area (Å²) in [5.41, 5.74) is -0.313. The average Bonchev–Trinajstić information content (AvgIpc) is 2.28. The zero-order valence-electron chi connectivity index (χ0n) is 9.89. The van der Waals surface area contributed by atoms with Crippen LogP contribution >= 0.6 is 0 Å². The number of aliphatic hydroxyl groups is 1. The molecule has 17 heavy (non-hydrogen) atoms. The first-order valence-corrected chi connectivity index (χ1v) is 5.77. The number of piperidine rings is 1. The Kier molecular flexibility index (Phi) is 3.17. The SMILES string of the molecule is CN1CCCC(O)(c2ccccc2C(=O)O)C1. The van der Waals surface area contributed by atoms with Gasteiger partial charge in [-0.2, -0.15) is 0 Å². The third-order valence-electron chi connectivity index (χ3n) is 3.32. The molecule has 4 nitrogen and oxygen atoms in total. The van der Waals surface area contributed by atoms with Gasteiger partial charge in [-0.3, -0.25) is 0 Å². The fourth-order valence-electron chi connectivity index (χ4n) is 2.54. The maximum atomic E-state index is 11.2. The first kappa shape index (κ1) is 12.1. The maximum Gasteiger partial charge on any atom is 0.336 e. The van der Waals surface area contributed by atoms with Gasteiger partial charge in [0, 0.05) is 6.54 Å². The second kappa shape index (κ2) is 4.47. The summed E-state index contributed by atoms with van der Waals surface area (Å²) in [4.78, 5) is 13.2. The van der Waals surface area contributed by atoms with Crippen LogP contribution in [0.2, 0.25) is 0 Å². The van der Waals surface area contributed by atoms with Crippen LogP contribution in [0.3, 0.4) is 0 Å². The fourth-order valence-corrected chi connectivity index (χ4v) is 2.54. The zero-order valence-corrected chi connectivity index (χ0v) is 9.89. The van der Waals surface area contributed by atoms with E-state index in [4.69, 9.17) is 5.11 Å². The smallest absolute Gasteiger partial charge is 0.336 e.